The van der Waals surface area contributed by atoms with Crippen LogP contribution >= 0.6 is 11.6 Å². The molecule has 0 atom stereocenters. The van der Waals surface area contributed by atoms with Crippen molar-refractivity contribution < 1.29 is 0 Å². The Hall–Kier alpha value is -1.32. The molecule has 1 heterocycles. The lowest BCUT2D eigenvalue weighted by atomic mass is 10.1. The Bertz CT molecular complexity index is 602. The Morgan fingerprint density at radius 2 is 2.00 bits per heavy atom. The Morgan fingerprint density at radius 3 is 2.55 bits per heavy atom. The van der Waals surface area contributed by atoms with Gasteiger partial charge >= 0.3 is 0 Å². The average molecular weight is 292 g/mol. The maximum atomic E-state index is 6.32. The lowest BCUT2D eigenvalue weighted by Crippen LogP contribution is -2.08. The molecule has 108 valence electrons. The Morgan fingerprint density at radius 1 is 1.25 bits per heavy atom. The Balaban J connectivity index is 2.40. The molecule has 0 unspecified atom stereocenters. The van der Waals surface area contributed by atoms with E-state index in [0.29, 0.717) is 13.1 Å². The highest BCUT2D eigenvalue weighted by Gasteiger charge is 2.15. The van der Waals surface area contributed by atoms with Crippen molar-refractivity contribution in [3.63, 3.8) is 0 Å². The first-order valence-electron chi connectivity index (χ1n) is 7.13. The van der Waals surface area contributed by atoms with Crippen LogP contribution in [0.15, 0.2) is 18.2 Å². The van der Waals surface area contributed by atoms with E-state index in [4.69, 9.17) is 22.4 Å². The summed E-state index contributed by atoms with van der Waals surface area (Å²) < 4.78 is 2.05. The second-order valence-electron chi connectivity index (χ2n) is 5.04. The molecule has 0 aliphatic rings. The molecule has 0 saturated carbocycles. The SMILES string of the molecule is CCc1nn(Cc2ccc(C)cc2Cl)c(CC)c1CN. The molecular weight excluding hydrogens is 270 g/mol. The van der Waals surface area contributed by atoms with Crippen molar-refractivity contribution in [2.45, 2.75) is 46.7 Å². The Labute approximate surface area is 125 Å². The number of aryl methyl sites for hydroxylation is 2. The molecule has 0 saturated heterocycles. The van der Waals surface area contributed by atoms with Crippen LogP contribution in [0, 0.1) is 6.92 Å². The van der Waals surface area contributed by atoms with Crippen LogP contribution in [-0.2, 0) is 25.9 Å². The van der Waals surface area contributed by atoms with Crippen LogP contribution in [0.25, 0.3) is 0 Å². The van der Waals surface area contributed by atoms with Gasteiger partial charge in [0.05, 0.1) is 12.2 Å². The van der Waals surface area contributed by atoms with Gasteiger partial charge in [-0.1, -0.05) is 37.6 Å². The van der Waals surface area contributed by atoms with Gasteiger partial charge in [-0.3, -0.25) is 4.68 Å². The summed E-state index contributed by atoms with van der Waals surface area (Å²) in [5.41, 5.74) is 11.7. The van der Waals surface area contributed by atoms with Crippen LogP contribution in [0.5, 0.6) is 0 Å². The second-order valence-corrected chi connectivity index (χ2v) is 5.44. The largest absolute Gasteiger partial charge is 0.326 e. The topological polar surface area (TPSA) is 43.8 Å². The van der Waals surface area contributed by atoms with Gasteiger partial charge < -0.3 is 5.73 Å². The molecule has 0 aliphatic carbocycles. The van der Waals surface area contributed by atoms with Gasteiger partial charge in [-0.2, -0.15) is 5.10 Å². The Kier molecular flexibility index (Phi) is 4.84. The summed E-state index contributed by atoms with van der Waals surface area (Å²) in [4.78, 5) is 0. The number of hydrogen-bond donors (Lipinski definition) is 1. The number of hydrogen-bond acceptors (Lipinski definition) is 2. The molecule has 2 aromatic rings. The third kappa shape index (κ3) is 2.89. The van der Waals surface area contributed by atoms with Gasteiger partial charge in [0.1, 0.15) is 0 Å². The first kappa shape index (κ1) is 15.1. The van der Waals surface area contributed by atoms with Crippen LogP contribution in [-0.4, -0.2) is 9.78 Å². The lowest BCUT2D eigenvalue weighted by molar-refractivity contribution is 0.639. The standard InChI is InChI=1S/C16H22ClN3/c1-4-15-13(9-18)16(5-2)20(19-15)10-12-7-6-11(3)8-14(12)17/h6-8H,4-5,9-10,18H2,1-3H3. The predicted octanol–water partition coefficient (Wildman–Crippen LogP) is 3.48. The lowest BCUT2D eigenvalue weighted by Gasteiger charge is -2.09. The summed E-state index contributed by atoms with van der Waals surface area (Å²) in [6, 6.07) is 6.16. The number of rotatable bonds is 5. The number of halogens is 1. The van der Waals surface area contributed by atoms with Crippen molar-refractivity contribution >= 4 is 11.6 Å². The van der Waals surface area contributed by atoms with E-state index in [1.807, 2.05) is 13.0 Å². The van der Waals surface area contributed by atoms with Crippen molar-refractivity contribution in [3.05, 3.63) is 51.3 Å². The highest BCUT2D eigenvalue weighted by atomic mass is 35.5. The molecule has 0 spiro atoms. The van der Waals surface area contributed by atoms with Gasteiger partial charge in [-0.25, -0.2) is 0 Å². The third-order valence-corrected chi connectivity index (χ3v) is 4.00. The predicted molar refractivity (Wildman–Crippen MR) is 84.2 cm³/mol. The molecule has 3 nitrogen and oxygen atoms in total. The molecule has 2 N–H and O–H groups in total. The minimum absolute atomic E-state index is 0.550. The highest BCUT2D eigenvalue weighted by molar-refractivity contribution is 6.31. The van der Waals surface area contributed by atoms with E-state index in [9.17, 15) is 0 Å². The van der Waals surface area contributed by atoms with E-state index in [1.165, 1.54) is 16.8 Å². The van der Waals surface area contributed by atoms with Crippen molar-refractivity contribution in [2.24, 2.45) is 5.73 Å². The van der Waals surface area contributed by atoms with Crippen LogP contribution < -0.4 is 5.73 Å². The van der Waals surface area contributed by atoms with Gasteiger partial charge in [-0.15, -0.1) is 0 Å². The van der Waals surface area contributed by atoms with Crippen LogP contribution in [0.4, 0.5) is 0 Å². The zero-order chi connectivity index (χ0) is 14.7. The summed E-state index contributed by atoms with van der Waals surface area (Å²) in [5, 5.41) is 5.51. The maximum absolute atomic E-state index is 6.32. The van der Waals surface area contributed by atoms with Crippen molar-refractivity contribution in [1.82, 2.24) is 9.78 Å². The van der Waals surface area contributed by atoms with E-state index in [2.05, 4.69) is 30.7 Å². The van der Waals surface area contributed by atoms with E-state index in [-0.39, 0.29) is 0 Å². The summed E-state index contributed by atoms with van der Waals surface area (Å²) in [5.74, 6) is 0. The zero-order valence-corrected chi connectivity index (χ0v) is 13.2. The summed E-state index contributed by atoms with van der Waals surface area (Å²) in [6.07, 6.45) is 1.84. The van der Waals surface area contributed by atoms with Gasteiger partial charge in [0.2, 0.25) is 0 Å². The van der Waals surface area contributed by atoms with E-state index in [0.717, 1.165) is 29.1 Å². The van der Waals surface area contributed by atoms with Crippen molar-refractivity contribution in [2.75, 3.05) is 0 Å². The van der Waals surface area contributed by atoms with Gasteiger partial charge in [0.15, 0.2) is 0 Å². The molecule has 0 aliphatic heterocycles. The fourth-order valence-corrected chi connectivity index (χ4v) is 2.87. The fourth-order valence-electron chi connectivity index (χ4n) is 2.58. The monoisotopic (exact) mass is 291 g/mol. The average Bonchev–Trinajstić information content (AvgIpc) is 2.78. The zero-order valence-electron chi connectivity index (χ0n) is 12.4. The summed E-state index contributed by atoms with van der Waals surface area (Å²) in [6.45, 7) is 7.55. The number of aromatic nitrogens is 2. The third-order valence-electron chi connectivity index (χ3n) is 3.65. The molecule has 0 radical (unpaired) electrons. The van der Waals surface area contributed by atoms with E-state index in [1.54, 1.807) is 0 Å². The molecule has 1 aromatic carbocycles. The second kappa shape index (κ2) is 6.42. The minimum atomic E-state index is 0.550. The van der Waals surface area contributed by atoms with Crippen LogP contribution in [0.1, 0.15) is 41.9 Å². The summed E-state index contributed by atoms with van der Waals surface area (Å²) >= 11 is 6.32. The number of benzene rings is 1. The van der Waals surface area contributed by atoms with Crippen molar-refractivity contribution in [3.8, 4) is 0 Å². The van der Waals surface area contributed by atoms with Crippen LogP contribution in [0.3, 0.4) is 0 Å². The number of nitrogens with zero attached hydrogens (tertiary/aromatic N) is 2. The molecule has 1 aromatic heterocycles. The van der Waals surface area contributed by atoms with E-state index >= 15 is 0 Å². The van der Waals surface area contributed by atoms with Gasteiger partial charge in [0, 0.05) is 22.8 Å². The molecule has 0 bridgehead atoms. The molecular formula is C16H22ClN3. The van der Waals surface area contributed by atoms with Crippen molar-refractivity contribution in [1.29, 1.82) is 0 Å². The maximum Gasteiger partial charge on any atom is 0.0677 e. The highest BCUT2D eigenvalue weighted by Crippen LogP contribution is 2.22. The smallest absolute Gasteiger partial charge is 0.0677 e. The fraction of sp³-hybridized carbons (Fsp3) is 0.438. The van der Waals surface area contributed by atoms with E-state index < -0.39 is 0 Å². The van der Waals surface area contributed by atoms with Gasteiger partial charge in [0.25, 0.3) is 0 Å². The molecule has 0 amide bonds. The number of nitrogens with two attached hydrogens (primary N) is 1. The normalized spacial score (nSPS) is 11.1. The first-order valence-corrected chi connectivity index (χ1v) is 7.51. The summed E-state index contributed by atoms with van der Waals surface area (Å²) in [7, 11) is 0. The van der Waals surface area contributed by atoms with Gasteiger partial charge in [-0.05, 0) is 37.0 Å². The first-order chi connectivity index (χ1) is 9.60. The molecule has 2 rings (SSSR count). The minimum Gasteiger partial charge on any atom is -0.326 e. The van der Waals surface area contributed by atoms with Crippen LogP contribution in [0.2, 0.25) is 5.02 Å². The molecule has 20 heavy (non-hydrogen) atoms. The molecule has 4 heteroatoms. The molecule has 0 fully saturated rings. The quantitative estimate of drug-likeness (QED) is 0.916.